The van der Waals surface area contributed by atoms with Crippen molar-refractivity contribution >= 4 is 27.4 Å². The number of benzene rings is 2. The van der Waals surface area contributed by atoms with E-state index in [1.165, 1.54) is 17.0 Å². The van der Waals surface area contributed by atoms with E-state index in [0.29, 0.717) is 5.69 Å². The molecule has 0 aliphatic heterocycles. The van der Waals surface area contributed by atoms with Crippen molar-refractivity contribution in [2.45, 2.75) is 24.7 Å². The predicted octanol–water partition coefficient (Wildman–Crippen LogP) is 2.65. The van der Waals surface area contributed by atoms with Crippen molar-refractivity contribution in [1.29, 1.82) is 5.26 Å². The largest absolute Gasteiger partial charge is 0.456 e. The lowest BCUT2D eigenvalue weighted by Crippen LogP contribution is -2.35. The third-order valence-electron chi connectivity index (χ3n) is 4.13. The predicted molar refractivity (Wildman–Crippen MR) is 108 cm³/mol. The highest BCUT2D eigenvalue weighted by atomic mass is 32.2. The van der Waals surface area contributed by atoms with Crippen LogP contribution in [0.5, 0.6) is 0 Å². The summed E-state index contributed by atoms with van der Waals surface area (Å²) >= 11 is 0. The van der Waals surface area contributed by atoms with Crippen LogP contribution in [0.25, 0.3) is 0 Å². The molecule has 8 heteroatoms. The molecule has 0 unspecified atom stereocenters. The summed E-state index contributed by atoms with van der Waals surface area (Å²) in [7, 11) is -3.61. The van der Waals surface area contributed by atoms with E-state index in [9.17, 15) is 18.0 Å². The molecule has 2 aromatic carbocycles. The molecule has 0 heterocycles. The maximum atomic E-state index is 12.4. The number of esters is 1. The van der Waals surface area contributed by atoms with Gasteiger partial charge in [0.1, 0.15) is 0 Å². The second kappa shape index (κ2) is 10.4. The number of para-hydroxylation sites is 1. The lowest BCUT2D eigenvalue weighted by atomic mass is 10.2. The monoisotopic (exact) mass is 414 g/mol. The summed E-state index contributed by atoms with van der Waals surface area (Å²) in [4.78, 5) is 25.9. The first-order valence-electron chi connectivity index (χ1n) is 9.01. The number of nitrogens with zero attached hydrogens (tertiary/aromatic N) is 2. The van der Waals surface area contributed by atoms with E-state index in [4.69, 9.17) is 10.00 Å². The van der Waals surface area contributed by atoms with Crippen LogP contribution in [0.4, 0.5) is 5.69 Å². The fourth-order valence-corrected chi connectivity index (χ4v) is 3.76. The number of nitriles is 1. The summed E-state index contributed by atoms with van der Waals surface area (Å²) < 4.78 is 29.5. The van der Waals surface area contributed by atoms with Crippen molar-refractivity contribution in [3.63, 3.8) is 0 Å². The molecule has 2 rings (SSSR count). The van der Waals surface area contributed by atoms with E-state index < -0.39 is 34.1 Å². The Morgan fingerprint density at radius 2 is 1.72 bits per heavy atom. The Morgan fingerprint density at radius 3 is 2.34 bits per heavy atom. The standard InChI is InChI=1S/C21H22N2O5S/c1-17-8-10-19(11-9-17)29(26,27)15-12-21(25)28-16-20(24)23(14-5-13-22)18-6-3-2-4-7-18/h2-4,6-11H,5,12,14-16H2,1H3. The fraction of sp³-hybridized carbons (Fsp3) is 0.286. The van der Waals surface area contributed by atoms with Crippen LogP contribution in [0.1, 0.15) is 18.4 Å². The van der Waals surface area contributed by atoms with Gasteiger partial charge in [0.25, 0.3) is 5.91 Å². The number of carbonyl (C=O) groups is 2. The first-order chi connectivity index (χ1) is 13.8. The minimum Gasteiger partial charge on any atom is -0.456 e. The lowest BCUT2D eigenvalue weighted by Gasteiger charge is -2.21. The Hall–Kier alpha value is -3.18. The molecular weight excluding hydrogens is 392 g/mol. The van der Waals surface area contributed by atoms with Crippen LogP contribution in [0.2, 0.25) is 0 Å². The number of sulfone groups is 1. The summed E-state index contributed by atoms with van der Waals surface area (Å²) in [6.07, 6.45) is -0.226. The van der Waals surface area contributed by atoms with E-state index in [1.54, 1.807) is 42.5 Å². The topological polar surface area (TPSA) is 105 Å². The van der Waals surface area contributed by atoms with Gasteiger partial charge < -0.3 is 9.64 Å². The molecule has 29 heavy (non-hydrogen) atoms. The van der Waals surface area contributed by atoms with Crippen molar-refractivity contribution in [3.8, 4) is 6.07 Å². The van der Waals surface area contributed by atoms with Crippen molar-refractivity contribution in [3.05, 3.63) is 60.2 Å². The Bertz CT molecular complexity index is 980. The molecule has 152 valence electrons. The second-order valence-electron chi connectivity index (χ2n) is 6.33. The molecule has 2 aromatic rings. The number of aryl methyl sites for hydroxylation is 1. The molecule has 0 fully saturated rings. The van der Waals surface area contributed by atoms with Crippen LogP contribution in [0, 0.1) is 18.3 Å². The third kappa shape index (κ3) is 6.73. The molecule has 0 aromatic heterocycles. The van der Waals surface area contributed by atoms with Gasteiger partial charge in [-0.05, 0) is 31.2 Å². The third-order valence-corrected chi connectivity index (χ3v) is 5.86. The molecule has 0 atom stereocenters. The van der Waals surface area contributed by atoms with Crippen molar-refractivity contribution in [2.24, 2.45) is 0 Å². The van der Waals surface area contributed by atoms with Crippen LogP contribution >= 0.6 is 0 Å². The Labute approximate surface area is 170 Å². The van der Waals surface area contributed by atoms with Gasteiger partial charge in [-0.15, -0.1) is 0 Å². The summed E-state index contributed by atoms with van der Waals surface area (Å²) in [5.41, 5.74) is 1.52. The van der Waals surface area contributed by atoms with E-state index in [2.05, 4.69) is 0 Å². The molecule has 1 amide bonds. The maximum Gasteiger partial charge on any atom is 0.307 e. The van der Waals surface area contributed by atoms with Gasteiger partial charge in [-0.2, -0.15) is 5.26 Å². The van der Waals surface area contributed by atoms with Gasteiger partial charge in [0, 0.05) is 12.2 Å². The molecule has 0 saturated heterocycles. The lowest BCUT2D eigenvalue weighted by molar-refractivity contribution is -0.147. The zero-order valence-corrected chi connectivity index (χ0v) is 16.9. The second-order valence-corrected chi connectivity index (χ2v) is 8.44. The Balaban J connectivity index is 1.90. The van der Waals surface area contributed by atoms with Gasteiger partial charge in [-0.3, -0.25) is 9.59 Å². The molecule has 7 nitrogen and oxygen atoms in total. The normalized spacial score (nSPS) is 10.8. The average molecular weight is 414 g/mol. The highest BCUT2D eigenvalue weighted by Gasteiger charge is 2.20. The molecular formula is C21H22N2O5S. The minimum absolute atomic E-state index is 0.128. The Kier molecular flexibility index (Phi) is 7.92. The van der Waals surface area contributed by atoms with Crippen LogP contribution in [0.3, 0.4) is 0 Å². The van der Waals surface area contributed by atoms with E-state index in [0.717, 1.165) is 5.56 Å². The highest BCUT2D eigenvalue weighted by molar-refractivity contribution is 7.91. The molecule has 0 aliphatic rings. The van der Waals surface area contributed by atoms with Crippen LogP contribution in [0.15, 0.2) is 59.5 Å². The number of hydrogen-bond acceptors (Lipinski definition) is 6. The average Bonchev–Trinajstić information content (AvgIpc) is 2.72. The summed E-state index contributed by atoms with van der Waals surface area (Å²) in [6, 6.07) is 17.1. The van der Waals surface area contributed by atoms with Crippen molar-refractivity contribution in [1.82, 2.24) is 0 Å². The van der Waals surface area contributed by atoms with Gasteiger partial charge in [-0.1, -0.05) is 35.9 Å². The first kappa shape index (κ1) is 22.1. The quantitative estimate of drug-likeness (QED) is 0.584. The minimum atomic E-state index is -3.61. The molecule has 0 bridgehead atoms. The Morgan fingerprint density at radius 1 is 1.07 bits per heavy atom. The molecule has 0 spiro atoms. The number of anilines is 1. The number of hydrogen-bond donors (Lipinski definition) is 0. The van der Waals surface area contributed by atoms with Crippen LogP contribution in [-0.4, -0.2) is 39.2 Å². The SMILES string of the molecule is Cc1ccc(S(=O)(=O)CCC(=O)OCC(=O)N(CCC#N)c2ccccc2)cc1. The maximum absolute atomic E-state index is 12.4. The van der Waals surface area contributed by atoms with Gasteiger partial charge in [0.05, 0.1) is 29.6 Å². The van der Waals surface area contributed by atoms with Crippen LogP contribution < -0.4 is 4.90 Å². The number of ether oxygens (including phenoxy) is 1. The molecule has 0 aliphatic carbocycles. The summed E-state index contributed by atoms with van der Waals surface area (Å²) in [6.45, 7) is 1.49. The van der Waals surface area contributed by atoms with E-state index in [-0.39, 0.29) is 24.3 Å². The zero-order chi connectivity index (χ0) is 21.3. The zero-order valence-electron chi connectivity index (χ0n) is 16.1. The number of amides is 1. The van der Waals surface area contributed by atoms with Gasteiger partial charge >= 0.3 is 5.97 Å². The smallest absolute Gasteiger partial charge is 0.307 e. The molecule has 0 saturated carbocycles. The van der Waals surface area contributed by atoms with Gasteiger partial charge in [0.15, 0.2) is 16.4 Å². The highest BCUT2D eigenvalue weighted by Crippen LogP contribution is 2.15. The van der Waals surface area contributed by atoms with E-state index >= 15 is 0 Å². The summed E-state index contributed by atoms with van der Waals surface area (Å²) in [5, 5.41) is 8.79. The van der Waals surface area contributed by atoms with Gasteiger partial charge in [0.2, 0.25) is 0 Å². The van der Waals surface area contributed by atoms with E-state index in [1.807, 2.05) is 13.0 Å². The molecule has 0 N–H and O–H groups in total. The van der Waals surface area contributed by atoms with Gasteiger partial charge in [-0.25, -0.2) is 8.42 Å². The molecule has 0 radical (unpaired) electrons. The van der Waals surface area contributed by atoms with Crippen molar-refractivity contribution < 1.29 is 22.7 Å². The van der Waals surface area contributed by atoms with Crippen molar-refractivity contribution in [2.75, 3.05) is 23.8 Å². The van der Waals surface area contributed by atoms with Crippen LogP contribution in [-0.2, 0) is 24.2 Å². The number of carbonyl (C=O) groups excluding carboxylic acids is 2. The first-order valence-corrected chi connectivity index (χ1v) is 10.7. The summed E-state index contributed by atoms with van der Waals surface area (Å²) in [5.74, 6) is -1.66. The number of rotatable bonds is 9. The fourth-order valence-electron chi connectivity index (χ4n) is 2.54.